The molecule has 0 unspecified atom stereocenters. The van der Waals surface area contributed by atoms with Crippen LogP contribution in [0.5, 0.6) is 0 Å². The lowest BCUT2D eigenvalue weighted by Gasteiger charge is -2.13. The fourth-order valence-corrected chi connectivity index (χ4v) is 2.32. The maximum absolute atomic E-state index is 14.1. The molecule has 2 aromatic carbocycles. The molecule has 0 aliphatic heterocycles. The van der Waals surface area contributed by atoms with Crippen LogP contribution in [-0.4, -0.2) is 0 Å². The van der Waals surface area contributed by atoms with Gasteiger partial charge in [0.15, 0.2) is 23.3 Å². The zero-order chi connectivity index (χ0) is 21.2. The predicted molar refractivity (Wildman–Crippen MR) is 79.7 cm³/mol. The summed E-state index contributed by atoms with van der Waals surface area (Å²) >= 11 is 0. The third kappa shape index (κ3) is 3.38. The number of halogens is 7. The monoisotopic (exact) mass is 395 g/mol. The van der Waals surface area contributed by atoms with E-state index in [4.69, 9.17) is 15.8 Å². The lowest BCUT2D eigenvalue weighted by atomic mass is 9.99. The van der Waals surface area contributed by atoms with E-state index < -0.39 is 46.1 Å². The topological polar surface area (TPSA) is 71.4 Å². The van der Waals surface area contributed by atoms with Crippen LogP contribution in [0.25, 0.3) is 11.1 Å². The highest BCUT2D eigenvalue weighted by molar-refractivity contribution is 5.78. The molecule has 0 atom stereocenters. The minimum absolute atomic E-state index is 0.0803. The summed E-state index contributed by atoms with van der Waals surface area (Å²) in [4.78, 5) is 0. The van der Waals surface area contributed by atoms with Crippen LogP contribution < -0.4 is 10.4 Å². The highest BCUT2D eigenvalue weighted by Gasteiger charge is 2.42. The van der Waals surface area contributed by atoms with Gasteiger partial charge in [-0.05, 0) is 5.22 Å². The van der Waals surface area contributed by atoms with Crippen molar-refractivity contribution in [3.8, 4) is 18.2 Å². The predicted octanol–water partition coefficient (Wildman–Crippen LogP) is 3.18. The molecular formula is C18H4F7N3. The Morgan fingerprint density at radius 2 is 1.11 bits per heavy atom. The number of hydrogen-bond acceptors (Lipinski definition) is 3. The van der Waals surface area contributed by atoms with Gasteiger partial charge in [-0.1, -0.05) is 24.3 Å². The van der Waals surface area contributed by atoms with Crippen LogP contribution in [0.3, 0.4) is 0 Å². The first-order chi connectivity index (χ1) is 13.1. The number of nitriles is 3. The minimum Gasteiger partial charge on any atom is -0.203 e. The van der Waals surface area contributed by atoms with E-state index >= 15 is 0 Å². The molecular weight excluding hydrogens is 391 g/mol. The molecule has 0 N–H and O–H groups in total. The van der Waals surface area contributed by atoms with Crippen LogP contribution in [0.4, 0.5) is 30.7 Å². The second-order valence-corrected chi connectivity index (χ2v) is 5.17. The van der Waals surface area contributed by atoms with Gasteiger partial charge in [0, 0.05) is 5.22 Å². The van der Waals surface area contributed by atoms with Gasteiger partial charge < -0.3 is 0 Å². The van der Waals surface area contributed by atoms with Gasteiger partial charge in [0.2, 0.25) is 0 Å². The molecule has 28 heavy (non-hydrogen) atoms. The SMILES string of the molecule is N#CC(C#N)=c1ccc(=C(C#N)c2c(F)c(F)c(C(F)(F)F)c(F)c2F)cc1. The fraction of sp³-hybridized carbons (Fsp3) is 0.0556. The van der Waals surface area contributed by atoms with Gasteiger partial charge in [-0.25, -0.2) is 17.6 Å². The molecule has 0 amide bonds. The van der Waals surface area contributed by atoms with E-state index in [1.165, 1.54) is 6.07 Å². The van der Waals surface area contributed by atoms with E-state index in [0.29, 0.717) is 0 Å². The molecule has 0 heterocycles. The summed E-state index contributed by atoms with van der Waals surface area (Å²) in [6.07, 6.45) is -5.70. The van der Waals surface area contributed by atoms with Crippen LogP contribution in [-0.2, 0) is 6.18 Å². The molecule has 0 aromatic heterocycles. The molecule has 0 aliphatic rings. The normalized spacial score (nSPS) is 10.6. The van der Waals surface area contributed by atoms with Crippen molar-refractivity contribution in [3.63, 3.8) is 0 Å². The Morgan fingerprint density at radius 3 is 1.46 bits per heavy atom. The number of alkyl halides is 3. The Morgan fingerprint density at radius 1 is 0.679 bits per heavy atom. The molecule has 2 aromatic rings. The van der Waals surface area contributed by atoms with E-state index in [0.717, 1.165) is 24.3 Å². The van der Waals surface area contributed by atoms with Gasteiger partial charge in [0.25, 0.3) is 0 Å². The lowest BCUT2D eigenvalue weighted by molar-refractivity contribution is -0.143. The standard InChI is InChI=1S/C18H4F7N3/c19-14-12(15(20)17(22)13(16(14)21)18(23,24)25)11(7-28)9-3-1-8(2-4-9)10(5-26)6-27/h1-4H. The second-order valence-electron chi connectivity index (χ2n) is 5.17. The number of nitrogens with zero attached hydrogens (tertiary/aromatic N) is 3. The first kappa shape index (κ1) is 20.5. The van der Waals surface area contributed by atoms with E-state index in [1.54, 1.807) is 12.1 Å². The van der Waals surface area contributed by atoms with Crippen molar-refractivity contribution in [1.29, 1.82) is 15.8 Å². The number of rotatable bonds is 1. The summed E-state index contributed by atoms with van der Waals surface area (Å²) in [5.41, 5.74) is -5.67. The van der Waals surface area contributed by atoms with Gasteiger partial charge in [0.05, 0.1) is 11.1 Å². The summed E-state index contributed by atoms with van der Waals surface area (Å²) in [6.45, 7) is 0. The molecule has 0 aliphatic carbocycles. The van der Waals surface area contributed by atoms with Gasteiger partial charge in [-0.15, -0.1) is 0 Å². The molecule has 0 radical (unpaired) electrons. The van der Waals surface area contributed by atoms with Crippen LogP contribution in [0.2, 0.25) is 0 Å². The van der Waals surface area contributed by atoms with Crippen molar-refractivity contribution < 1.29 is 30.7 Å². The van der Waals surface area contributed by atoms with Crippen molar-refractivity contribution in [2.24, 2.45) is 0 Å². The lowest BCUT2D eigenvalue weighted by Crippen LogP contribution is -2.19. The number of benzene rings is 2. The maximum atomic E-state index is 14.1. The highest BCUT2D eigenvalue weighted by Crippen LogP contribution is 2.38. The quantitative estimate of drug-likeness (QED) is 0.550. The summed E-state index contributed by atoms with van der Waals surface area (Å²) in [5.74, 6) is -10.1. The van der Waals surface area contributed by atoms with Crippen molar-refractivity contribution in [1.82, 2.24) is 0 Å². The molecule has 10 heteroatoms. The second kappa shape index (κ2) is 7.42. The summed E-state index contributed by atoms with van der Waals surface area (Å²) in [5, 5.41) is 26.5. The average Bonchev–Trinajstić information content (AvgIpc) is 2.64. The first-order valence-electron chi connectivity index (χ1n) is 7.07. The van der Waals surface area contributed by atoms with Crippen molar-refractivity contribution in [3.05, 3.63) is 69.1 Å². The summed E-state index contributed by atoms with van der Waals surface area (Å²) in [7, 11) is 0. The molecule has 0 saturated heterocycles. The summed E-state index contributed by atoms with van der Waals surface area (Å²) in [6, 6.07) is 8.68. The van der Waals surface area contributed by atoms with Gasteiger partial charge >= 0.3 is 6.18 Å². The Bertz CT molecular complexity index is 1150. The van der Waals surface area contributed by atoms with Crippen LogP contribution in [0.1, 0.15) is 11.1 Å². The Hall–Kier alpha value is -3.84. The summed E-state index contributed by atoms with van der Waals surface area (Å²) < 4.78 is 93.8. The van der Waals surface area contributed by atoms with E-state index in [9.17, 15) is 30.7 Å². The van der Waals surface area contributed by atoms with Crippen molar-refractivity contribution >= 4 is 11.1 Å². The third-order valence-corrected chi connectivity index (χ3v) is 3.59. The van der Waals surface area contributed by atoms with E-state index in [1.807, 2.05) is 0 Å². The zero-order valence-corrected chi connectivity index (χ0v) is 13.3. The van der Waals surface area contributed by atoms with Gasteiger partial charge in [0.1, 0.15) is 29.3 Å². The van der Waals surface area contributed by atoms with Crippen molar-refractivity contribution in [2.75, 3.05) is 0 Å². The third-order valence-electron chi connectivity index (χ3n) is 3.59. The Balaban J connectivity index is 2.93. The first-order valence-corrected chi connectivity index (χ1v) is 7.07. The van der Waals surface area contributed by atoms with Crippen LogP contribution in [0.15, 0.2) is 24.3 Å². The van der Waals surface area contributed by atoms with Gasteiger partial charge in [-0.2, -0.15) is 29.0 Å². The van der Waals surface area contributed by atoms with Crippen molar-refractivity contribution in [2.45, 2.75) is 6.18 Å². The average molecular weight is 395 g/mol. The largest absolute Gasteiger partial charge is 0.422 e. The smallest absolute Gasteiger partial charge is 0.203 e. The minimum atomic E-state index is -5.70. The molecule has 0 spiro atoms. The Kier molecular flexibility index (Phi) is 5.42. The highest BCUT2D eigenvalue weighted by atomic mass is 19.4. The maximum Gasteiger partial charge on any atom is 0.422 e. The van der Waals surface area contributed by atoms with Crippen LogP contribution >= 0.6 is 0 Å². The molecule has 0 saturated carbocycles. The molecule has 140 valence electrons. The van der Waals surface area contributed by atoms with E-state index in [2.05, 4.69) is 0 Å². The zero-order valence-electron chi connectivity index (χ0n) is 13.3. The fourth-order valence-electron chi connectivity index (χ4n) is 2.32. The molecule has 3 nitrogen and oxygen atoms in total. The van der Waals surface area contributed by atoms with Crippen LogP contribution in [0, 0.1) is 57.3 Å². The van der Waals surface area contributed by atoms with E-state index in [-0.39, 0.29) is 16.0 Å². The van der Waals surface area contributed by atoms with Gasteiger partial charge in [-0.3, -0.25) is 0 Å². The number of hydrogen-bond donors (Lipinski definition) is 0. The molecule has 2 rings (SSSR count). The Labute approximate surface area is 152 Å². The molecule has 0 bridgehead atoms. The molecule has 0 fully saturated rings.